The lowest BCUT2D eigenvalue weighted by Gasteiger charge is -2.29. The van der Waals surface area contributed by atoms with Crippen LogP contribution in [0.15, 0.2) is 4.99 Å². The largest absolute Gasteiger partial charge is 0.329 e. The molecule has 2 rings (SSSR count). The van der Waals surface area contributed by atoms with Gasteiger partial charge in [-0.25, -0.2) is 14.7 Å². The van der Waals surface area contributed by atoms with Gasteiger partial charge in [-0.1, -0.05) is 19.3 Å². The third-order valence-electron chi connectivity index (χ3n) is 3.38. The highest BCUT2D eigenvalue weighted by atomic mass is 32.1. The van der Waals surface area contributed by atoms with E-state index in [2.05, 4.69) is 22.4 Å². The van der Waals surface area contributed by atoms with Crippen molar-refractivity contribution in [1.82, 2.24) is 9.80 Å². The first kappa shape index (κ1) is 12.2. The predicted octanol–water partition coefficient (Wildman–Crippen LogP) is 1.64. The van der Waals surface area contributed by atoms with Crippen molar-refractivity contribution in [2.75, 3.05) is 13.2 Å². The van der Waals surface area contributed by atoms with E-state index in [0.29, 0.717) is 0 Å². The van der Waals surface area contributed by atoms with Gasteiger partial charge in [-0.2, -0.15) is 0 Å². The second-order valence-electron chi connectivity index (χ2n) is 4.41. The standard InChI is InChI=1S/C11H15N3O2S/c15-10-6-13(9-4-2-1-3-5-9)11(16)14(10)7-12-8-17/h9H,1-7H2. The minimum atomic E-state index is -0.226. The van der Waals surface area contributed by atoms with E-state index in [4.69, 9.17) is 0 Å². The van der Waals surface area contributed by atoms with Crippen LogP contribution in [0.3, 0.4) is 0 Å². The van der Waals surface area contributed by atoms with Crippen molar-refractivity contribution < 1.29 is 9.59 Å². The highest BCUT2D eigenvalue weighted by Gasteiger charge is 2.39. The summed E-state index contributed by atoms with van der Waals surface area (Å²) in [4.78, 5) is 30.2. The number of hydrogen-bond acceptors (Lipinski definition) is 4. The van der Waals surface area contributed by atoms with Gasteiger partial charge in [0, 0.05) is 6.04 Å². The van der Waals surface area contributed by atoms with Crippen molar-refractivity contribution in [3.8, 4) is 0 Å². The fraction of sp³-hybridized carbons (Fsp3) is 0.727. The summed E-state index contributed by atoms with van der Waals surface area (Å²) in [5.41, 5.74) is 0. The highest BCUT2D eigenvalue weighted by Crippen LogP contribution is 2.25. The predicted molar refractivity (Wildman–Crippen MR) is 65.7 cm³/mol. The van der Waals surface area contributed by atoms with Crippen LogP contribution in [-0.4, -0.2) is 46.2 Å². The summed E-state index contributed by atoms with van der Waals surface area (Å²) in [6, 6.07) is -0.00226. The lowest BCUT2D eigenvalue weighted by atomic mass is 9.94. The number of imide groups is 1. The van der Waals surface area contributed by atoms with E-state index < -0.39 is 0 Å². The fourth-order valence-electron chi connectivity index (χ4n) is 2.48. The lowest BCUT2D eigenvalue weighted by Crippen LogP contribution is -2.40. The van der Waals surface area contributed by atoms with Gasteiger partial charge in [0.15, 0.2) is 0 Å². The molecule has 3 amide bonds. The fourth-order valence-corrected chi connectivity index (χ4v) is 2.54. The summed E-state index contributed by atoms with van der Waals surface area (Å²) >= 11 is 4.44. The number of carbonyl (C=O) groups is 2. The molecule has 0 N–H and O–H groups in total. The third kappa shape index (κ3) is 2.53. The molecule has 6 heteroatoms. The Balaban J connectivity index is 2.03. The maximum Gasteiger partial charge on any atom is 0.329 e. The van der Waals surface area contributed by atoms with E-state index >= 15 is 0 Å². The van der Waals surface area contributed by atoms with Gasteiger partial charge in [0.05, 0.1) is 5.16 Å². The number of rotatable bonds is 3. The van der Waals surface area contributed by atoms with Crippen LogP contribution < -0.4 is 0 Å². The van der Waals surface area contributed by atoms with E-state index in [1.54, 1.807) is 4.90 Å². The number of thiocarbonyl (C=S) groups is 1. The van der Waals surface area contributed by atoms with Gasteiger partial charge in [-0.15, -0.1) is 0 Å². The van der Waals surface area contributed by atoms with Gasteiger partial charge < -0.3 is 4.90 Å². The molecule has 0 unspecified atom stereocenters. The zero-order valence-corrected chi connectivity index (χ0v) is 10.4. The van der Waals surface area contributed by atoms with Gasteiger partial charge in [0.25, 0.3) is 5.91 Å². The summed E-state index contributed by atoms with van der Waals surface area (Å²) in [5, 5.41) is 2.17. The molecule has 17 heavy (non-hydrogen) atoms. The van der Waals surface area contributed by atoms with Crippen LogP contribution in [0.25, 0.3) is 0 Å². The Bertz CT molecular complexity index is 373. The third-order valence-corrected chi connectivity index (χ3v) is 3.50. The molecule has 0 aromatic rings. The highest BCUT2D eigenvalue weighted by molar-refractivity contribution is 7.78. The van der Waals surface area contributed by atoms with E-state index in [9.17, 15) is 9.59 Å². The first-order valence-corrected chi connectivity index (χ1v) is 6.29. The number of amides is 3. The molecule has 0 atom stereocenters. The van der Waals surface area contributed by atoms with Crippen LogP contribution in [0.5, 0.6) is 0 Å². The first-order chi connectivity index (χ1) is 8.24. The summed E-state index contributed by atoms with van der Waals surface area (Å²) < 4.78 is 0. The normalized spacial score (nSPS) is 21.9. The van der Waals surface area contributed by atoms with Crippen molar-refractivity contribution >= 4 is 29.3 Å². The lowest BCUT2D eigenvalue weighted by molar-refractivity contribution is -0.125. The SMILES string of the molecule is O=C1CN(C2CCCCC2)C(=O)N1CN=C=S. The quantitative estimate of drug-likeness (QED) is 0.436. The molecular formula is C11H15N3O2S. The van der Waals surface area contributed by atoms with Gasteiger partial charge in [-0.05, 0) is 25.1 Å². The van der Waals surface area contributed by atoms with Crippen LogP contribution in [0.1, 0.15) is 32.1 Å². The minimum absolute atomic E-state index is 0.00435. The molecule has 5 nitrogen and oxygen atoms in total. The molecule has 0 radical (unpaired) electrons. The Morgan fingerprint density at radius 3 is 2.65 bits per heavy atom. The molecule has 1 aliphatic carbocycles. The smallest absolute Gasteiger partial charge is 0.312 e. The van der Waals surface area contributed by atoms with E-state index in [-0.39, 0.29) is 31.2 Å². The molecule has 2 fully saturated rings. The van der Waals surface area contributed by atoms with Gasteiger partial charge >= 0.3 is 6.03 Å². The number of hydrogen-bond donors (Lipinski definition) is 0. The Kier molecular flexibility index (Phi) is 3.86. The Hall–Kier alpha value is -1.26. The molecule has 1 heterocycles. The second-order valence-corrected chi connectivity index (χ2v) is 4.60. The van der Waals surface area contributed by atoms with E-state index in [1.165, 1.54) is 6.42 Å². The minimum Gasteiger partial charge on any atom is -0.312 e. The molecule has 1 aliphatic heterocycles. The maximum absolute atomic E-state index is 12.0. The number of isothiocyanates is 1. The molecular weight excluding hydrogens is 238 g/mol. The van der Waals surface area contributed by atoms with Crippen LogP contribution in [0.4, 0.5) is 4.79 Å². The Morgan fingerprint density at radius 1 is 1.29 bits per heavy atom. The number of nitrogens with zero attached hydrogens (tertiary/aromatic N) is 3. The molecule has 0 aromatic carbocycles. The van der Waals surface area contributed by atoms with Crippen molar-refractivity contribution in [3.05, 3.63) is 0 Å². The van der Waals surface area contributed by atoms with Crippen LogP contribution in [0, 0.1) is 0 Å². The van der Waals surface area contributed by atoms with Crippen LogP contribution in [-0.2, 0) is 4.79 Å². The summed E-state index contributed by atoms with van der Waals surface area (Å²) in [7, 11) is 0. The topological polar surface area (TPSA) is 53.0 Å². The monoisotopic (exact) mass is 253 g/mol. The summed E-state index contributed by atoms with van der Waals surface area (Å²) in [5.74, 6) is -0.186. The summed E-state index contributed by atoms with van der Waals surface area (Å²) in [6.07, 6.45) is 5.51. The molecule has 0 spiro atoms. The average molecular weight is 253 g/mol. The average Bonchev–Trinajstić information content (AvgIpc) is 2.64. The second kappa shape index (κ2) is 5.38. The zero-order chi connectivity index (χ0) is 12.3. The first-order valence-electron chi connectivity index (χ1n) is 5.88. The van der Waals surface area contributed by atoms with Crippen LogP contribution in [0.2, 0.25) is 0 Å². The Morgan fingerprint density at radius 2 is 2.00 bits per heavy atom. The summed E-state index contributed by atoms with van der Waals surface area (Å²) in [6.45, 7) is 0.195. The van der Waals surface area contributed by atoms with Crippen LogP contribution >= 0.6 is 12.2 Å². The van der Waals surface area contributed by atoms with E-state index in [0.717, 1.165) is 30.6 Å². The maximum atomic E-state index is 12.0. The zero-order valence-electron chi connectivity index (χ0n) is 9.59. The van der Waals surface area contributed by atoms with Crippen molar-refractivity contribution in [2.24, 2.45) is 4.99 Å². The van der Waals surface area contributed by atoms with Gasteiger partial charge in [0.2, 0.25) is 0 Å². The molecule has 0 aromatic heterocycles. The van der Waals surface area contributed by atoms with E-state index in [1.807, 2.05) is 0 Å². The number of aliphatic imine (C=N–C) groups is 1. The van der Waals surface area contributed by atoms with Gasteiger partial charge in [-0.3, -0.25) is 4.79 Å². The van der Waals surface area contributed by atoms with Crippen molar-refractivity contribution in [3.63, 3.8) is 0 Å². The molecule has 1 saturated heterocycles. The molecule has 1 saturated carbocycles. The van der Waals surface area contributed by atoms with Crippen molar-refractivity contribution in [1.29, 1.82) is 0 Å². The Labute approximate surface area is 105 Å². The van der Waals surface area contributed by atoms with Crippen molar-refractivity contribution in [2.45, 2.75) is 38.1 Å². The molecule has 2 aliphatic rings. The number of urea groups is 1. The molecule has 0 bridgehead atoms. The molecule has 92 valence electrons. The van der Waals surface area contributed by atoms with Gasteiger partial charge in [0.1, 0.15) is 13.2 Å². The number of carbonyl (C=O) groups excluding carboxylic acids is 2.